The number of carbonyl (C=O) groups is 2. The molecular formula is C23H20N2O8. The molecule has 0 aliphatic carbocycles. The number of nitrogens with one attached hydrogen (secondary N) is 1. The van der Waals surface area contributed by atoms with Crippen LogP contribution >= 0.6 is 0 Å². The van der Waals surface area contributed by atoms with Crippen molar-refractivity contribution in [2.75, 3.05) is 6.61 Å². The van der Waals surface area contributed by atoms with Crippen LogP contribution in [0.3, 0.4) is 0 Å². The number of H-pyrrole nitrogens is 1. The Bertz CT molecular complexity index is 1240. The molecular weight excluding hydrogens is 432 g/mol. The second kappa shape index (κ2) is 9.63. The first-order valence-electron chi connectivity index (χ1n) is 10.1. The van der Waals surface area contributed by atoms with Crippen molar-refractivity contribution in [3.63, 3.8) is 0 Å². The van der Waals surface area contributed by atoms with Crippen LogP contribution in [0.25, 0.3) is 0 Å². The Kier molecular flexibility index (Phi) is 6.48. The lowest BCUT2D eigenvalue weighted by atomic mass is 10.1. The van der Waals surface area contributed by atoms with Crippen LogP contribution in [0.15, 0.2) is 82.5 Å². The molecule has 170 valence electrons. The zero-order valence-corrected chi connectivity index (χ0v) is 17.2. The molecule has 1 aromatic heterocycles. The van der Waals surface area contributed by atoms with Crippen LogP contribution in [-0.2, 0) is 14.2 Å². The average molecular weight is 452 g/mol. The Hall–Kier alpha value is -4.02. The van der Waals surface area contributed by atoms with E-state index in [0.717, 1.165) is 16.8 Å². The third kappa shape index (κ3) is 4.92. The highest BCUT2D eigenvalue weighted by atomic mass is 16.6. The van der Waals surface area contributed by atoms with Crippen molar-refractivity contribution >= 4 is 11.9 Å². The van der Waals surface area contributed by atoms with Crippen molar-refractivity contribution in [1.82, 2.24) is 9.55 Å². The van der Waals surface area contributed by atoms with Gasteiger partial charge in [0.05, 0.1) is 11.1 Å². The van der Waals surface area contributed by atoms with Gasteiger partial charge >= 0.3 is 17.6 Å². The van der Waals surface area contributed by atoms with E-state index in [-0.39, 0.29) is 12.2 Å². The van der Waals surface area contributed by atoms with Crippen LogP contribution in [0.5, 0.6) is 0 Å². The minimum Gasteiger partial charge on any atom is -0.459 e. The predicted octanol–water partition coefficient (Wildman–Crippen LogP) is 0.878. The van der Waals surface area contributed by atoms with Crippen molar-refractivity contribution in [3.05, 3.63) is 105 Å². The molecule has 1 aliphatic heterocycles. The molecule has 33 heavy (non-hydrogen) atoms. The molecule has 4 atom stereocenters. The maximum Gasteiger partial charge on any atom is 0.338 e. The minimum atomic E-state index is -1.48. The van der Waals surface area contributed by atoms with Gasteiger partial charge in [-0.1, -0.05) is 36.4 Å². The van der Waals surface area contributed by atoms with Gasteiger partial charge in [-0.3, -0.25) is 14.3 Å². The molecule has 1 saturated heterocycles. The van der Waals surface area contributed by atoms with Crippen molar-refractivity contribution in [2.24, 2.45) is 0 Å². The third-order valence-corrected chi connectivity index (χ3v) is 5.08. The lowest BCUT2D eigenvalue weighted by molar-refractivity contribution is -0.0614. The van der Waals surface area contributed by atoms with Crippen LogP contribution in [0.4, 0.5) is 0 Å². The quantitative estimate of drug-likeness (QED) is 0.526. The van der Waals surface area contributed by atoms with Gasteiger partial charge in [0.2, 0.25) is 0 Å². The topological polar surface area (TPSA) is 137 Å². The van der Waals surface area contributed by atoms with Gasteiger partial charge in [0.15, 0.2) is 12.3 Å². The standard InChI is InChI=1S/C23H20N2O8/c26-17-11-12-25(23(30)24-17)20-18(27)19(33-22(29)15-9-5-2-6-10-15)16(32-20)13-31-21(28)14-7-3-1-4-8-14/h1-12,16,18-20,27H,13H2,(H,24,26,30)/t16-,18-,19-,20+/m0/s1. The highest BCUT2D eigenvalue weighted by molar-refractivity contribution is 5.90. The van der Waals surface area contributed by atoms with Gasteiger partial charge in [0, 0.05) is 12.3 Å². The Morgan fingerprint density at radius 3 is 2.15 bits per heavy atom. The number of aromatic nitrogens is 2. The number of ether oxygens (including phenoxy) is 3. The second-order valence-electron chi connectivity index (χ2n) is 7.27. The van der Waals surface area contributed by atoms with Crippen LogP contribution < -0.4 is 11.2 Å². The van der Waals surface area contributed by atoms with E-state index in [4.69, 9.17) is 14.2 Å². The first kappa shape index (κ1) is 22.2. The average Bonchev–Trinajstić information content (AvgIpc) is 3.13. The third-order valence-electron chi connectivity index (χ3n) is 5.08. The lowest BCUT2D eigenvalue weighted by Gasteiger charge is -2.20. The van der Waals surface area contributed by atoms with Gasteiger partial charge in [0.25, 0.3) is 5.56 Å². The predicted molar refractivity (Wildman–Crippen MR) is 114 cm³/mol. The van der Waals surface area contributed by atoms with Gasteiger partial charge in [-0.15, -0.1) is 0 Å². The van der Waals surface area contributed by atoms with Crippen molar-refractivity contribution in [3.8, 4) is 0 Å². The Morgan fingerprint density at radius 1 is 0.939 bits per heavy atom. The molecule has 10 heteroatoms. The fourth-order valence-electron chi connectivity index (χ4n) is 3.44. The van der Waals surface area contributed by atoms with Gasteiger partial charge in [-0.05, 0) is 24.3 Å². The summed E-state index contributed by atoms with van der Waals surface area (Å²) in [5.41, 5.74) is -0.887. The smallest absolute Gasteiger partial charge is 0.338 e. The number of aromatic amines is 1. The van der Waals surface area contributed by atoms with E-state index in [0.29, 0.717) is 5.56 Å². The highest BCUT2D eigenvalue weighted by Gasteiger charge is 2.48. The summed E-state index contributed by atoms with van der Waals surface area (Å²) in [5.74, 6) is -1.36. The van der Waals surface area contributed by atoms with Crippen LogP contribution in [0.1, 0.15) is 26.9 Å². The van der Waals surface area contributed by atoms with E-state index in [1.54, 1.807) is 60.7 Å². The van der Waals surface area contributed by atoms with Crippen molar-refractivity contribution in [1.29, 1.82) is 0 Å². The van der Waals surface area contributed by atoms with E-state index in [9.17, 15) is 24.3 Å². The highest BCUT2D eigenvalue weighted by Crippen LogP contribution is 2.31. The number of benzene rings is 2. The van der Waals surface area contributed by atoms with E-state index < -0.39 is 47.7 Å². The van der Waals surface area contributed by atoms with Gasteiger partial charge in [-0.2, -0.15) is 0 Å². The first-order valence-corrected chi connectivity index (χ1v) is 10.1. The number of hydrogen-bond acceptors (Lipinski definition) is 8. The maximum atomic E-state index is 12.6. The Morgan fingerprint density at radius 2 is 1.55 bits per heavy atom. The molecule has 10 nitrogen and oxygen atoms in total. The lowest BCUT2D eigenvalue weighted by Crippen LogP contribution is -2.40. The Balaban J connectivity index is 1.56. The fourth-order valence-corrected chi connectivity index (χ4v) is 3.44. The molecule has 2 aromatic carbocycles. The minimum absolute atomic E-state index is 0.245. The molecule has 0 bridgehead atoms. The van der Waals surface area contributed by atoms with Crippen LogP contribution in [0, 0.1) is 0 Å². The number of aliphatic hydroxyl groups excluding tert-OH is 1. The molecule has 3 aromatic rings. The van der Waals surface area contributed by atoms with Crippen LogP contribution in [-0.4, -0.2) is 51.5 Å². The zero-order chi connectivity index (χ0) is 23.4. The number of carbonyl (C=O) groups excluding carboxylic acids is 2. The number of nitrogens with zero attached hydrogens (tertiary/aromatic N) is 1. The molecule has 4 rings (SSSR count). The van der Waals surface area contributed by atoms with Gasteiger partial charge in [-0.25, -0.2) is 14.4 Å². The number of hydrogen-bond donors (Lipinski definition) is 2. The summed E-state index contributed by atoms with van der Waals surface area (Å²) in [7, 11) is 0. The molecule has 2 N–H and O–H groups in total. The normalized spacial score (nSPS) is 22.0. The first-order chi connectivity index (χ1) is 15.9. The SMILES string of the molecule is O=C(OC[C@@H]1O[C@@H](n2ccc(=O)[nH]c2=O)[C@@H](O)[C@H]1OC(=O)c1ccccc1)c1ccccc1. The number of aliphatic hydroxyl groups is 1. The van der Waals surface area contributed by atoms with Crippen molar-refractivity contribution in [2.45, 2.75) is 24.5 Å². The summed E-state index contributed by atoms with van der Waals surface area (Å²) in [6.45, 7) is -0.355. The largest absolute Gasteiger partial charge is 0.459 e. The molecule has 1 fully saturated rings. The Labute approximate surface area is 187 Å². The number of rotatable bonds is 6. The summed E-state index contributed by atoms with van der Waals surface area (Å²) in [6, 6.07) is 17.5. The van der Waals surface area contributed by atoms with E-state index in [1.165, 1.54) is 0 Å². The molecule has 1 aliphatic rings. The maximum absolute atomic E-state index is 12.6. The molecule has 0 spiro atoms. The molecule has 0 radical (unpaired) electrons. The van der Waals surface area contributed by atoms with E-state index in [1.807, 2.05) is 0 Å². The molecule has 2 heterocycles. The summed E-state index contributed by atoms with van der Waals surface area (Å²) >= 11 is 0. The van der Waals surface area contributed by atoms with Crippen molar-refractivity contribution < 1.29 is 28.9 Å². The second-order valence-corrected chi connectivity index (χ2v) is 7.27. The summed E-state index contributed by atoms with van der Waals surface area (Å²) in [5, 5.41) is 10.8. The summed E-state index contributed by atoms with van der Waals surface area (Å²) in [4.78, 5) is 50.6. The van der Waals surface area contributed by atoms with Crippen LogP contribution in [0.2, 0.25) is 0 Å². The summed E-state index contributed by atoms with van der Waals surface area (Å²) in [6.07, 6.45) is -3.96. The molecule has 0 amide bonds. The van der Waals surface area contributed by atoms with E-state index >= 15 is 0 Å². The fraction of sp³-hybridized carbons (Fsp3) is 0.217. The monoisotopic (exact) mass is 452 g/mol. The molecule has 0 saturated carbocycles. The van der Waals surface area contributed by atoms with E-state index in [2.05, 4.69) is 4.98 Å². The summed E-state index contributed by atoms with van der Waals surface area (Å²) < 4.78 is 17.5. The zero-order valence-electron chi connectivity index (χ0n) is 17.2. The van der Waals surface area contributed by atoms with Gasteiger partial charge < -0.3 is 19.3 Å². The molecule has 0 unspecified atom stereocenters. The van der Waals surface area contributed by atoms with Gasteiger partial charge in [0.1, 0.15) is 18.8 Å². The number of esters is 2.